The third-order valence-electron chi connectivity index (χ3n) is 6.00. The summed E-state index contributed by atoms with van der Waals surface area (Å²) >= 11 is 12.2. The lowest BCUT2D eigenvalue weighted by Crippen LogP contribution is -2.31. The van der Waals surface area contributed by atoms with Crippen LogP contribution >= 0.6 is 23.2 Å². The maximum absolute atomic E-state index is 13.4. The Morgan fingerprint density at radius 2 is 1.62 bits per heavy atom. The Labute approximate surface area is 197 Å². The molecule has 1 saturated carbocycles. The number of ketones is 1. The van der Waals surface area contributed by atoms with Crippen LogP contribution in [0.3, 0.4) is 0 Å². The molecule has 0 heterocycles. The third kappa shape index (κ3) is 5.70. The van der Waals surface area contributed by atoms with Gasteiger partial charge in [0.1, 0.15) is 0 Å². The molecule has 170 valence electrons. The Hall–Kier alpha value is -2.37. The molecule has 2 unspecified atom stereocenters. The predicted octanol–water partition coefficient (Wildman–Crippen LogP) is 6.96. The molecule has 0 radical (unpaired) electrons. The van der Waals surface area contributed by atoms with Gasteiger partial charge in [0.15, 0.2) is 5.78 Å². The van der Waals surface area contributed by atoms with E-state index in [-0.39, 0.29) is 38.8 Å². The van der Waals surface area contributed by atoms with Crippen LogP contribution in [0.25, 0.3) is 0 Å². The van der Waals surface area contributed by atoms with Crippen LogP contribution in [0.2, 0.25) is 10.0 Å². The zero-order chi connectivity index (χ0) is 23.5. The summed E-state index contributed by atoms with van der Waals surface area (Å²) in [4.78, 5) is 47.7. The zero-order valence-electron chi connectivity index (χ0n) is 18.3. The maximum Gasteiger partial charge on any atom is 0.387 e. The molecule has 1 aliphatic carbocycles. The monoisotopic (exact) mass is 476 g/mol. The molecule has 32 heavy (non-hydrogen) atoms. The van der Waals surface area contributed by atoms with Crippen molar-refractivity contribution >= 4 is 40.9 Å². The van der Waals surface area contributed by atoms with Crippen LogP contribution in [-0.4, -0.2) is 17.7 Å². The highest BCUT2D eigenvalue weighted by molar-refractivity contribution is 6.35. The van der Waals surface area contributed by atoms with Crippen LogP contribution in [0.5, 0.6) is 0 Å². The summed E-state index contributed by atoms with van der Waals surface area (Å²) in [5.74, 6) is -1.85. The van der Waals surface area contributed by atoms with E-state index in [0.29, 0.717) is 10.9 Å². The molecule has 0 amide bonds. The lowest BCUT2D eigenvalue weighted by Gasteiger charge is -2.37. The zero-order valence-corrected chi connectivity index (χ0v) is 19.8. The topological polar surface area (TPSA) is 69.7 Å². The summed E-state index contributed by atoms with van der Waals surface area (Å²) < 4.78 is 0. The van der Waals surface area contributed by atoms with Crippen molar-refractivity contribution < 1.29 is 24.2 Å². The van der Waals surface area contributed by atoms with Gasteiger partial charge in [0, 0.05) is 10.9 Å². The van der Waals surface area contributed by atoms with Gasteiger partial charge in [-0.1, -0.05) is 62.5 Å². The van der Waals surface area contributed by atoms with Gasteiger partial charge in [-0.05, 0) is 60.9 Å². The van der Waals surface area contributed by atoms with Gasteiger partial charge in [0.2, 0.25) is 0 Å². The number of Topliss-reactive ketones (excluding diaryl/α,β-unsaturated/α-hetero) is 1. The second kappa shape index (κ2) is 10.1. The summed E-state index contributed by atoms with van der Waals surface area (Å²) in [6.45, 7) is 6.53. The van der Waals surface area contributed by atoms with Crippen molar-refractivity contribution in [1.29, 1.82) is 0 Å². The molecule has 1 aliphatic rings. The van der Waals surface area contributed by atoms with Crippen molar-refractivity contribution in [2.75, 3.05) is 0 Å². The van der Waals surface area contributed by atoms with Gasteiger partial charge in [-0.3, -0.25) is 4.79 Å². The molecule has 7 heteroatoms. The van der Waals surface area contributed by atoms with Crippen LogP contribution in [-0.2, 0) is 9.78 Å². The van der Waals surface area contributed by atoms with E-state index in [2.05, 4.69) is 25.7 Å². The fourth-order valence-corrected chi connectivity index (χ4v) is 4.61. The van der Waals surface area contributed by atoms with Crippen molar-refractivity contribution in [3.05, 3.63) is 69.2 Å². The summed E-state index contributed by atoms with van der Waals surface area (Å²) in [5.41, 5.74) is 0.301. The smallest absolute Gasteiger partial charge is 0.294 e. The summed E-state index contributed by atoms with van der Waals surface area (Å²) in [6, 6.07) is 10.6. The molecule has 0 saturated heterocycles. The van der Waals surface area contributed by atoms with Gasteiger partial charge >= 0.3 is 11.9 Å². The molecular weight excluding hydrogens is 451 g/mol. The number of halogens is 2. The lowest BCUT2D eigenvalue weighted by molar-refractivity contribution is -0.187. The fraction of sp³-hybridized carbons (Fsp3) is 0.400. The SMILES string of the molecule is CC(C)(C)C1CCCC(C(=O)c2c(Cl)cccc2C(=O)OOC(=O)c2cccc(Cl)c2)C1. The number of carbonyl (C=O) groups is 3. The maximum atomic E-state index is 13.4. The van der Waals surface area contributed by atoms with E-state index in [4.69, 9.17) is 28.1 Å². The third-order valence-corrected chi connectivity index (χ3v) is 6.55. The molecule has 1 fully saturated rings. The first-order chi connectivity index (χ1) is 15.1. The van der Waals surface area contributed by atoms with Gasteiger partial charge in [0.25, 0.3) is 0 Å². The molecule has 0 N–H and O–H groups in total. The number of hydrogen-bond donors (Lipinski definition) is 0. The number of hydrogen-bond acceptors (Lipinski definition) is 5. The van der Waals surface area contributed by atoms with Gasteiger partial charge in [-0.25, -0.2) is 19.4 Å². The highest BCUT2D eigenvalue weighted by atomic mass is 35.5. The standard InChI is InChI=1S/C25H26Cl2O5/c1-25(2,3)17-9-4-7-15(13-17)22(28)21-19(11-6-12-20(21)27)24(30)32-31-23(29)16-8-5-10-18(26)14-16/h5-6,8,10-12,14-15,17H,4,7,9,13H2,1-3H3. The van der Waals surface area contributed by atoms with E-state index in [1.807, 2.05) is 0 Å². The second-order valence-corrected chi connectivity index (χ2v) is 10.0. The Morgan fingerprint density at radius 3 is 2.31 bits per heavy atom. The average Bonchev–Trinajstić information content (AvgIpc) is 2.76. The summed E-state index contributed by atoms with van der Waals surface area (Å²) in [6.07, 6.45) is 3.50. The minimum Gasteiger partial charge on any atom is -0.294 e. The molecule has 2 aromatic carbocycles. The van der Waals surface area contributed by atoms with E-state index in [1.165, 1.54) is 18.2 Å². The minimum atomic E-state index is -0.964. The Morgan fingerprint density at radius 1 is 0.938 bits per heavy atom. The summed E-state index contributed by atoms with van der Waals surface area (Å²) in [5, 5.41) is 0.512. The molecule has 3 rings (SSSR count). The first-order valence-electron chi connectivity index (χ1n) is 10.6. The molecule has 2 aromatic rings. The van der Waals surface area contributed by atoms with Crippen molar-refractivity contribution in [3.8, 4) is 0 Å². The fourth-order valence-electron chi connectivity index (χ4n) is 4.15. The van der Waals surface area contributed by atoms with E-state index in [1.54, 1.807) is 24.3 Å². The summed E-state index contributed by atoms with van der Waals surface area (Å²) in [7, 11) is 0. The van der Waals surface area contributed by atoms with Crippen molar-refractivity contribution in [1.82, 2.24) is 0 Å². The molecule has 0 aromatic heterocycles. The van der Waals surface area contributed by atoms with Gasteiger partial charge in [-0.2, -0.15) is 0 Å². The highest BCUT2D eigenvalue weighted by Gasteiger charge is 2.36. The van der Waals surface area contributed by atoms with Crippen LogP contribution in [0.1, 0.15) is 77.5 Å². The van der Waals surface area contributed by atoms with E-state index in [0.717, 1.165) is 25.7 Å². The average molecular weight is 477 g/mol. The van der Waals surface area contributed by atoms with E-state index >= 15 is 0 Å². The quantitative estimate of drug-likeness (QED) is 0.271. The van der Waals surface area contributed by atoms with Crippen molar-refractivity contribution in [2.24, 2.45) is 17.3 Å². The second-order valence-electron chi connectivity index (χ2n) is 9.21. The van der Waals surface area contributed by atoms with E-state index in [9.17, 15) is 14.4 Å². The molecule has 0 aliphatic heterocycles. The molecule has 2 atom stereocenters. The van der Waals surface area contributed by atoms with Crippen molar-refractivity contribution in [3.63, 3.8) is 0 Å². The van der Waals surface area contributed by atoms with Crippen LogP contribution in [0, 0.1) is 17.3 Å². The van der Waals surface area contributed by atoms with Crippen LogP contribution < -0.4 is 0 Å². The Kier molecular flexibility index (Phi) is 7.63. The first kappa shape index (κ1) is 24.3. The van der Waals surface area contributed by atoms with Gasteiger partial charge in [-0.15, -0.1) is 0 Å². The van der Waals surface area contributed by atoms with Gasteiger partial charge < -0.3 is 0 Å². The molecule has 0 spiro atoms. The Bertz CT molecular complexity index is 1030. The molecular formula is C25H26Cl2O5. The van der Waals surface area contributed by atoms with Gasteiger partial charge in [0.05, 0.1) is 21.7 Å². The Balaban J connectivity index is 1.77. The van der Waals surface area contributed by atoms with E-state index < -0.39 is 11.9 Å². The molecule has 0 bridgehead atoms. The van der Waals surface area contributed by atoms with Crippen LogP contribution in [0.4, 0.5) is 0 Å². The first-order valence-corrected chi connectivity index (χ1v) is 11.3. The van der Waals surface area contributed by atoms with Crippen LogP contribution in [0.15, 0.2) is 42.5 Å². The number of rotatable bonds is 4. The molecule has 5 nitrogen and oxygen atoms in total. The minimum absolute atomic E-state index is 0.0284. The highest BCUT2D eigenvalue weighted by Crippen LogP contribution is 2.42. The predicted molar refractivity (Wildman–Crippen MR) is 123 cm³/mol. The lowest BCUT2D eigenvalue weighted by atomic mass is 9.67. The normalized spacial score (nSPS) is 18.7. The number of benzene rings is 2. The number of carbonyl (C=O) groups excluding carboxylic acids is 3. The largest absolute Gasteiger partial charge is 0.387 e. The van der Waals surface area contributed by atoms with Crippen molar-refractivity contribution in [2.45, 2.75) is 46.5 Å².